The van der Waals surface area contributed by atoms with E-state index in [2.05, 4.69) is 5.32 Å². The van der Waals surface area contributed by atoms with Gasteiger partial charge in [-0.3, -0.25) is 9.69 Å². The fourth-order valence-electron chi connectivity index (χ4n) is 2.07. The molecule has 19 heavy (non-hydrogen) atoms. The average Bonchev–Trinajstić information content (AvgIpc) is 2.27. The van der Waals surface area contributed by atoms with Gasteiger partial charge in [-0.15, -0.1) is 0 Å². The zero-order valence-corrected chi connectivity index (χ0v) is 9.94. The number of carbonyl (C=O) groups excluding carboxylic acids is 1. The highest BCUT2D eigenvalue weighted by Crippen LogP contribution is 2.27. The molecule has 1 amide bonds. The molecule has 0 aliphatic carbocycles. The van der Waals surface area contributed by atoms with Crippen LogP contribution in [0.1, 0.15) is 5.56 Å². The summed E-state index contributed by atoms with van der Waals surface area (Å²) in [5.74, 6) is -0.442. The van der Waals surface area contributed by atoms with Crippen LogP contribution >= 0.6 is 0 Å². The molecule has 0 aromatic heterocycles. The van der Waals surface area contributed by atoms with E-state index in [4.69, 9.17) is 0 Å². The van der Waals surface area contributed by atoms with Crippen LogP contribution in [0.25, 0.3) is 0 Å². The predicted molar refractivity (Wildman–Crippen MR) is 61.4 cm³/mol. The number of hydrogen-bond acceptors (Lipinski definition) is 3. The van der Waals surface area contributed by atoms with Crippen molar-refractivity contribution >= 4 is 5.91 Å². The predicted octanol–water partition coefficient (Wildman–Crippen LogP) is 1.25. The van der Waals surface area contributed by atoms with Crippen LogP contribution in [0, 0.1) is 0 Å². The smallest absolute Gasteiger partial charge is 0.405 e. The molecule has 0 saturated carbocycles. The van der Waals surface area contributed by atoms with Gasteiger partial charge in [0.1, 0.15) is 11.8 Å². The van der Waals surface area contributed by atoms with E-state index >= 15 is 0 Å². The van der Waals surface area contributed by atoms with Crippen molar-refractivity contribution in [2.45, 2.75) is 18.8 Å². The fraction of sp³-hybridized carbons (Fsp3) is 0.417. The number of nitrogens with zero attached hydrogens (tertiary/aromatic N) is 1. The average molecular weight is 274 g/mol. The summed E-state index contributed by atoms with van der Waals surface area (Å²) < 4.78 is 38.6. The zero-order chi connectivity index (χ0) is 14.0. The molecule has 4 nitrogen and oxygen atoms in total. The number of phenolic OH excluding ortho intramolecular Hbond substituents is 1. The zero-order valence-electron chi connectivity index (χ0n) is 9.94. The third-order valence-corrected chi connectivity index (χ3v) is 2.95. The molecule has 1 unspecified atom stereocenters. The second-order valence-corrected chi connectivity index (χ2v) is 4.44. The first kappa shape index (κ1) is 13.7. The van der Waals surface area contributed by atoms with E-state index in [1.54, 1.807) is 12.1 Å². The Morgan fingerprint density at radius 1 is 1.42 bits per heavy atom. The minimum absolute atomic E-state index is 0.0116. The van der Waals surface area contributed by atoms with Crippen LogP contribution in [0.5, 0.6) is 5.75 Å². The highest BCUT2D eigenvalue weighted by Gasteiger charge is 2.46. The maximum Gasteiger partial charge on any atom is 0.405 e. The molecular weight excluding hydrogens is 261 g/mol. The topological polar surface area (TPSA) is 52.6 Å². The van der Waals surface area contributed by atoms with Gasteiger partial charge in [-0.05, 0) is 17.7 Å². The van der Waals surface area contributed by atoms with Gasteiger partial charge in [0, 0.05) is 13.1 Å². The maximum atomic E-state index is 12.9. The van der Waals surface area contributed by atoms with Crippen molar-refractivity contribution in [2.24, 2.45) is 0 Å². The van der Waals surface area contributed by atoms with Crippen molar-refractivity contribution < 1.29 is 23.1 Å². The molecule has 1 aromatic carbocycles. The lowest BCUT2D eigenvalue weighted by molar-refractivity contribution is -0.190. The Kier molecular flexibility index (Phi) is 3.66. The molecule has 1 atom stereocenters. The van der Waals surface area contributed by atoms with Gasteiger partial charge in [0.25, 0.3) is 0 Å². The van der Waals surface area contributed by atoms with Gasteiger partial charge in [0.15, 0.2) is 0 Å². The number of piperazine rings is 1. The van der Waals surface area contributed by atoms with Crippen LogP contribution in [0.3, 0.4) is 0 Å². The second kappa shape index (κ2) is 5.08. The van der Waals surface area contributed by atoms with Gasteiger partial charge in [0.05, 0.1) is 6.54 Å². The van der Waals surface area contributed by atoms with Crippen LogP contribution in [-0.4, -0.2) is 41.2 Å². The minimum Gasteiger partial charge on any atom is -0.508 e. The Bertz CT molecular complexity index is 476. The van der Waals surface area contributed by atoms with E-state index < -0.39 is 24.7 Å². The number of benzene rings is 1. The molecule has 1 aliphatic heterocycles. The van der Waals surface area contributed by atoms with E-state index in [-0.39, 0.29) is 18.8 Å². The van der Waals surface area contributed by atoms with Crippen molar-refractivity contribution in [1.82, 2.24) is 10.2 Å². The van der Waals surface area contributed by atoms with E-state index in [1.807, 2.05) is 0 Å². The van der Waals surface area contributed by atoms with Gasteiger partial charge < -0.3 is 10.4 Å². The van der Waals surface area contributed by atoms with Crippen molar-refractivity contribution in [3.63, 3.8) is 0 Å². The lowest BCUT2D eigenvalue weighted by atomic mass is 10.1. The fourth-order valence-corrected chi connectivity index (χ4v) is 2.07. The standard InChI is InChI=1S/C12H13F3N2O2/c13-12(14,15)10-5-16-11(19)7-17(10)6-8-2-1-3-9(18)4-8/h1-4,10,18H,5-7H2,(H,16,19). The Morgan fingerprint density at radius 3 is 2.79 bits per heavy atom. The van der Waals surface area contributed by atoms with Gasteiger partial charge in [-0.2, -0.15) is 13.2 Å². The van der Waals surface area contributed by atoms with Crippen LogP contribution in [0.4, 0.5) is 13.2 Å². The number of halogens is 3. The molecular formula is C12H13F3N2O2. The summed E-state index contributed by atoms with van der Waals surface area (Å²) >= 11 is 0. The maximum absolute atomic E-state index is 12.9. The number of hydrogen-bond donors (Lipinski definition) is 2. The number of aromatic hydroxyl groups is 1. The molecule has 2 rings (SSSR count). The Balaban J connectivity index is 2.16. The third-order valence-electron chi connectivity index (χ3n) is 2.95. The summed E-state index contributed by atoms with van der Waals surface area (Å²) in [6.45, 7) is -0.785. The van der Waals surface area contributed by atoms with Crippen LogP contribution in [-0.2, 0) is 11.3 Å². The highest BCUT2D eigenvalue weighted by molar-refractivity contribution is 5.78. The molecule has 1 fully saturated rings. The molecule has 104 valence electrons. The normalized spacial score (nSPS) is 21.2. The number of nitrogens with one attached hydrogen (secondary N) is 1. The first-order chi connectivity index (χ1) is 8.86. The molecule has 2 N–H and O–H groups in total. The summed E-state index contributed by atoms with van der Waals surface area (Å²) in [6.07, 6.45) is -4.40. The SMILES string of the molecule is O=C1CN(Cc2cccc(O)c2)C(C(F)(F)F)CN1. The largest absolute Gasteiger partial charge is 0.508 e. The molecule has 1 saturated heterocycles. The number of amides is 1. The van der Waals surface area contributed by atoms with Crippen molar-refractivity contribution in [3.8, 4) is 5.75 Å². The van der Waals surface area contributed by atoms with Gasteiger partial charge in [-0.1, -0.05) is 12.1 Å². The summed E-state index contributed by atoms with van der Waals surface area (Å²) in [7, 11) is 0. The first-order valence-corrected chi connectivity index (χ1v) is 5.71. The first-order valence-electron chi connectivity index (χ1n) is 5.71. The van der Waals surface area contributed by atoms with Gasteiger partial charge >= 0.3 is 6.18 Å². The number of alkyl halides is 3. The van der Waals surface area contributed by atoms with E-state index in [1.165, 1.54) is 12.1 Å². The van der Waals surface area contributed by atoms with Crippen molar-refractivity contribution in [3.05, 3.63) is 29.8 Å². The number of carbonyl (C=O) groups is 1. The minimum atomic E-state index is -4.40. The van der Waals surface area contributed by atoms with Crippen LogP contribution in [0.15, 0.2) is 24.3 Å². The number of phenols is 1. The summed E-state index contributed by atoms with van der Waals surface area (Å²) in [5, 5.41) is 11.5. The molecule has 0 radical (unpaired) electrons. The quantitative estimate of drug-likeness (QED) is 0.853. The monoisotopic (exact) mass is 274 g/mol. The molecule has 1 heterocycles. The molecule has 7 heteroatoms. The Morgan fingerprint density at radius 2 is 2.16 bits per heavy atom. The van der Waals surface area contributed by atoms with E-state index in [0.29, 0.717) is 5.56 Å². The van der Waals surface area contributed by atoms with E-state index in [0.717, 1.165) is 4.90 Å². The number of rotatable bonds is 2. The van der Waals surface area contributed by atoms with Crippen molar-refractivity contribution in [1.29, 1.82) is 0 Å². The van der Waals surface area contributed by atoms with Crippen LogP contribution < -0.4 is 5.32 Å². The summed E-state index contributed by atoms with van der Waals surface area (Å²) in [6, 6.07) is 4.29. The lowest BCUT2D eigenvalue weighted by Crippen LogP contribution is -2.59. The summed E-state index contributed by atoms with van der Waals surface area (Å²) in [5.41, 5.74) is 0.531. The third kappa shape index (κ3) is 3.37. The van der Waals surface area contributed by atoms with Crippen LogP contribution in [0.2, 0.25) is 0 Å². The molecule has 0 bridgehead atoms. The highest BCUT2D eigenvalue weighted by atomic mass is 19.4. The molecule has 0 spiro atoms. The lowest BCUT2D eigenvalue weighted by Gasteiger charge is -2.36. The van der Waals surface area contributed by atoms with Gasteiger partial charge in [-0.25, -0.2) is 0 Å². The molecule has 1 aliphatic rings. The van der Waals surface area contributed by atoms with Gasteiger partial charge in [0.2, 0.25) is 5.91 Å². The molecule has 1 aromatic rings. The Labute approximate surface area is 107 Å². The summed E-state index contributed by atoms with van der Waals surface area (Å²) in [4.78, 5) is 12.3. The van der Waals surface area contributed by atoms with E-state index in [9.17, 15) is 23.1 Å². The van der Waals surface area contributed by atoms with Crippen molar-refractivity contribution in [2.75, 3.05) is 13.1 Å². The second-order valence-electron chi connectivity index (χ2n) is 4.44. The Hall–Kier alpha value is -1.76.